The molecule has 0 spiro atoms. The fourth-order valence-corrected chi connectivity index (χ4v) is 3.90. The third kappa shape index (κ3) is 9.11. The largest absolute Gasteiger partial charge is 0.493 e. The molecular formula is C23H31ClN2O6S. The van der Waals surface area contributed by atoms with Crippen LogP contribution in [-0.2, 0) is 21.2 Å². The first-order chi connectivity index (χ1) is 15.8. The third-order valence-electron chi connectivity index (χ3n) is 4.79. The van der Waals surface area contributed by atoms with Gasteiger partial charge in [0.25, 0.3) is 0 Å². The molecule has 2 aromatic rings. The molecule has 0 heterocycles. The first-order valence-corrected chi connectivity index (χ1v) is 12.8. The van der Waals surface area contributed by atoms with Gasteiger partial charge in [-0.05, 0) is 61.7 Å². The Morgan fingerprint density at radius 2 is 1.73 bits per heavy atom. The zero-order chi connectivity index (χ0) is 24.3. The van der Waals surface area contributed by atoms with E-state index >= 15 is 0 Å². The molecule has 0 aliphatic carbocycles. The van der Waals surface area contributed by atoms with Crippen molar-refractivity contribution in [3.05, 3.63) is 53.1 Å². The molecule has 0 bridgehead atoms. The van der Waals surface area contributed by atoms with E-state index in [1.54, 1.807) is 38.3 Å². The summed E-state index contributed by atoms with van der Waals surface area (Å²) in [6.45, 7) is 4.34. The molecule has 0 unspecified atom stereocenters. The van der Waals surface area contributed by atoms with Crippen LogP contribution in [0.15, 0.2) is 42.5 Å². The van der Waals surface area contributed by atoms with E-state index in [-0.39, 0.29) is 11.7 Å². The number of carbonyl (C=O) groups is 1. The molecular weight excluding hydrogens is 468 g/mol. The quantitative estimate of drug-likeness (QED) is 0.388. The second-order valence-corrected chi connectivity index (χ2v) is 9.64. The second kappa shape index (κ2) is 13.3. The van der Waals surface area contributed by atoms with Gasteiger partial charge in [0.05, 0.1) is 12.9 Å². The number of rotatable bonds is 14. The van der Waals surface area contributed by atoms with Gasteiger partial charge in [0.15, 0.2) is 11.5 Å². The standard InChI is InChI=1S/C23H31ClN2O6S/c1-4-20(26-33(28,29)5-2)23(27)25-13-12-17-6-11-21(22(16-17)30-3)32-15-14-31-19-9-7-18(24)8-10-19/h6-11,16,20,26H,4-5,12-15H2,1-3H3,(H,25,27)/t20-/m0/s1. The Hall–Kier alpha value is -2.49. The van der Waals surface area contributed by atoms with Crippen LogP contribution in [0.25, 0.3) is 0 Å². The highest BCUT2D eigenvalue weighted by molar-refractivity contribution is 7.89. The summed E-state index contributed by atoms with van der Waals surface area (Å²) in [5.74, 6) is 1.46. The van der Waals surface area contributed by atoms with Crippen LogP contribution in [0.2, 0.25) is 5.02 Å². The molecule has 8 nitrogen and oxygen atoms in total. The molecule has 182 valence electrons. The minimum atomic E-state index is -3.45. The Balaban J connectivity index is 1.82. The molecule has 0 aromatic heterocycles. The zero-order valence-electron chi connectivity index (χ0n) is 19.1. The lowest BCUT2D eigenvalue weighted by Crippen LogP contribution is -2.47. The van der Waals surface area contributed by atoms with Crippen LogP contribution in [0.5, 0.6) is 17.2 Å². The van der Waals surface area contributed by atoms with Gasteiger partial charge in [-0.15, -0.1) is 0 Å². The number of halogens is 1. The minimum Gasteiger partial charge on any atom is -0.493 e. The van der Waals surface area contributed by atoms with Crippen molar-refractivity contribution in [1.29, 1.82) is 0 Å². The Morgan fingerprint density at radius 1 is 1.03 bits per heavy atom. The summed E-state index contributed by atoms with van der Waals surface area (Å²) in [6.07, 6.45) is 0.922. The van der Waals surface area contributed by atoms with E-state index in [0.29, 0.717) is 54.9 Å². The maximum absolute atomic E-state index is 12.3. The Labute approximate surface area is 200 Å². The summed E-state index contributed by atoms with van der Waals surface area (Å²) in [6, 6.07) is 11.9. The summed E-state index contributed by atoms with van der Waals surface area (Å²) < 4.78 is 42.6. The van der Waals surface area contributed by atoms with Gasteiger partial charge in [-0.25, -0.2) is 13.1 Å². The number of ether oxygens (including phenoxy) is 3. The lowest BCUT2D eigenvalue weighted by Gasteiger charge is -2.16. The predicted octanol–water partition coefficient (Wildman–Crippen LogP) is 3.18. The first-order valence-electron chi connectivity index (χ1n) is 10.7. The number of nitrogens with one attached hydrogen (secondary N) is 2. The van der Waals surface area contributed by atoms with Crippen LogP contribution in [-0.4, -0.2) is 53.0 Å². The molecule has 0 saturated carbocycles. The maximum Gasteiger partial charge on any atom is 0.238 e. The van der Waals surface area contributed by atoms with Crippen molar-refractivity contribution in [3.8, 4) is 17.2 Å². The van der Waals surface area contributed by atoms with E-state index in [1.165, 1.54) is 6.92 Å². The van der Waals surface area contributed by atoms with E-state index < -0.39 is 16.1 Å². The molecule has 1 amide bonds. The molecule has 2 N–H and O–H groups in total. The summed E-state index contributed by atoms with van der Waals surface area (Å²) in [5.41, 5.74) is 0.944. The SMILES string of the molecule is CC[C@H](NS(=O)(=O)CC)C(=O)NCCc1ccc(OCCOc2ccc(Cl)cc2)c(OC)c1. The lowest BCUT2D eigenvalue weighted by atomic mass is 10.1. The van der Waals surface area contributed by atoms with Crippen molar-refractivity contribution < 1.29 is 27.4 Å². The predicted molar refractivity (Wildman–Crippen MR) is 129 cm³/mol. The highest BCUT2D eigenvalue weighted by atomic mass is 35.5. The van der Waals surface area contributed by atoms with Crippen molar-refractivity contribution in [1.82, 2.24) is 10.0 Å². The van der Waals surface area contributed by atoms with E-state index in [0.717, 1.165) is 5.56 Å². The zero-order valence-corrected chi connectivity index (χ0v) is 20.7. The normalized spacial score (nSPS) is 12.1. The molecule has 1 atom stereocenters. The number of carbonyl (C=O) groups excluding carboxylic acids is 1. The van der Waals surface area contributed by atoms with Gasteiger partial charge >= 0.3 is 0 Å². The molecule has 0 aliphatic heterocycles. The molecule has 0 radical (unpaired) electrons. The maximum atomic E-state index is 12.3. The van der Waals surface area contributed by atoms with Gasteiger partial charge in [-0.2, -0.15) is 0 Å². The molecule has 0 aliphatic rings. The highest BCUT2D eigenvalue weighted by Crippen LogP contribution is 2.28. The molecule has 33 heavy (non-hydrogen) atoms. The van der Waals surface area contributed by atoms with E-state index in [1.807, 2.05) is 18.2 Å². The summed E-state index contributed by atoms with van der Waals surface area (Å²) in [5, 5.41) is 3.43. The molecule has 2 aromatic carbocycles. The number of benzene rings is 2. The van der Waals surface area contributed by atoms with E-state index in [9.17, 15) is 13.2 Å². The highest BCUT2D eigenvalue weighted by Gasteiger charge is 2.21. The van der Waals surface area contributed by atoms with Crippen LogP contribution < -0.4 is 24.2 Å². The average Bonchev–Trinajstić information content (AvgIpc) is 2.81. The fraction of sp³-hybridized carbons (Fsp3) is 0.435. The van der Waals surface area contributed by atoms with Gasteiger partial charge < -0.3 is 19.5 Å². The van der Waals surface area contributed by atoms with Crippen molar-refractivity contribution in [2.45, 2.75) is 32.7 Å². The lowest BCUT2D eigenvalue weighted by molar-refractivity contribution is -0.122. The minimum absolute atomic E-state index is 0.0712. The van der Waals surface area contributed by atoms with Crippen LogP contribution in [0.3, 0.4) is 0 Å². The van der Waals surface area contributed by atoms with Crippen molar-refractivity contribution >= 4 is 27.5 Å². The van der Waals surface area contributed by atoms with Gasteiger partial charge in [0.1, 0.15) is 25.0 Å². The first kappa shape index (κ1) is 26.8. The summed E-state index contributed by atoms with van der Waals surface area (Å²) in [7, 11) is -1.89. The van der Waals surface area contributed by atoms with Crippen LogP contribution in [0.1, 0.15) is 25.8 Å². The van der Waals surface area contributed by atoms with Crippen molar-refractivity contribution in [2.24, 2.45) is 0 Å². The number of hydrogen-bond donors (Lipinski definition) is 2. The van der Waals surface area contributed by atoms with Crippen LogP contribution in [0, 0.1) is 0 Å². The van der Waals surface area contributed by atoms with E-state index in [2.05, 4.69) is 10.0 Å². The number of hydrogen-bond acceptors (Lipinski definition) is 6. The third-order valence-corrected chi connectivity index (χ3v) is 6.45. The average molecular weight is 499 g/mol. The monoisotopic (exact) mass is 498 g/mol. The molecule has 2 rings (SSSR count). The second-order valence-electron chi connectivity index (χ2n) is 7.16. The van der Waals surface area contributed by atoms with Crippen LogP contribution >= 0.6 is 11.6 Å². The van der Waals surface area contributed by atoms with Gasteiger partial charge in [-0.3, -0.25) is 4.79 Å². The van der Waals surface area contributed by atoms with Crippen LogP contribution in [0.4, 0.5) is 0 Å². The Kier molecular flexibility index (Phi) is 10.8. The van der Waals surface area contributed by atoms with E-state index in [4.69, 9.17) is 25.8 Å². The van der Waals surface area contributed by atoms with Gasteiger partial charge in [0, 0.05) is 11.6 Å². The summed E-state index contributed by atoms with van der Waals surface area (Å²) in [4.78, 5) is 12.3. The molecule has 10 heteroatoms. The van der Waals surface area contributed by atoms with Gasteiger partial charge in [0.2, 0.25) is 15.9 Å². The van der Waals surface area contributed by atoms with Crippen molar-refractivity contribution in [2.75, 3.05) is 32.6 Å². The smallest absolute Gasteiger partial charge is 0.238 e. The topological polar surface area (TPSA) is 103 Å². The Bertz CT molecular complexity index is 999. The fourth-order valence-electron chi connectivity index (χ4n) is 2.90. The molecule has 0 saturated heterocycles. The number of sulfonamides is 1. The van der Waals surface area contributed by atoms with Gasteiger partial charge in [-0.1, -0.05) is 24.6 Å². The van der Waals surface area contributed by atoms with Crippen molar-refractivity contribution in [3.63, 3.8) is 0 Å². The Morgan fingerprint density at radius 3 is 2.36 bits per heavy atom. The molecule has 0 fully saturated rings. The summed E-state index contributed by atoms with van der Waals surface area (Å²) >= 11 is 5.86. The number of amides is 1. The number of methoxy groups -OCH3 is 1.